The summed E-state index contributed by atoms with van der Waals surface area (Å²) < 4.78 is 0. The highest BCUT2D eigenvalue weighted by Crippen LogP contribution is 2.36. The minimum Gasteiger partial charge on any atom is -0.357 e. The predicted octanol–water partition coefficient (Wildman–Crippen LogP) is 5.09. The van der Waals surface area contributed by atoms with Gasteiger partial charge in [-0.3, -0.25) is 9.59 Å². The third kappa shape index (κ3) is 6.82. The van der Waals surface area contributed by atoms with Gasteiger partial charge in [0, 0.05) is 48.8 Å². The first-order valence-corrected chi connectivity index (χ1v) is 14.3. The molecule has 2 aliphatic rings. The topological polar surface area (TPSA) is 78.5 Å². The molecule has 1 fully saturated rings. The molecule has 2 aromatic rings. The number of carbonyl (C=O) groups is 3. The molecule has 2 amide bonds. The highest BCUT2D eigenvalue weighted by molar-refractivity contribution is 7.98. The minimum atomic E-state index is -0.646. The molecule has 0 radical (unpaired) electrons. The van der Waals surface area contributed by atoms with Gasteiger partial charge >= 0.3 is 0 Å². The molecule has 6 nitrogen and oxygen atoms in total. The van der Waals surface area contributed by atoms with E-state index in [0.29, 0.717) is 30.0 Å². The van der Waals surface area contributed by atoms with Gasteiger partial charge in [0.2, 0.25) is 5.91 Å². The van der Waals surface area contributed by atoms with Crippen LogP contribution in [0.5, 0.6) is 0 Å². The lowest BCUT2D eigenvalue weighted by atomic mass is 9.75. The second kappa shape index (κ2) is 12.3. The first-order chi connectivity index (χ1) is 17.8. The Morgan fingerprint density at radius 3 is 2.62 bits per heavy atom. The van der Waals surface area contributed by atoms with Gasteiger partial charge in [0.15, 0.2) is 0 Å². The Morgan fingerprint density at radius 1 is 1.16 bits per heavy atom. The van der Waals surface area contributed by atoms with Crippen molar-refractivity contribution in [3.8, 4) is 0 Å². The van der Waals surface area contributed by atoms with E-state index in [4.69, 9.17) is 0 Å². The Bertz CT molecular complexity index is 1120. The number of nitrogens with one attached hydrogen (secondary N) is 2. The lowest BCUT2D eigenvalue weighted by molar-refractivity contribution is -0.125. The number of hydrogen-bond acceptors (Lipinski definition) is 5. The van der Waals surface area contributed by atoms with Crippen molar-refractivity contribution in [3.05, 3.63) is 64.7 Å². The van der Waals surface area contributed by atoms with Gasteiger partial charge in [-0.15, -0.1) is 11.8 Å². The standard InChI is InChI=1S/C30H39N3O3S/c1-30(2)14-12-23(13-15-30)32-18-21-7-4-8-22(17-21)20-37-27-11-5-9-24-25(27)19-33(29(24)36)26(10-6-16-34)28(35)31-3/h4-5,7-9,11,16-17,23,26,32H,6,10,12-15,18-20H2,1-3H3,(H,31,35). The third-order valence-electron chi connectivity index (χ3n) is 7.76. The molecule has 2 aromatic carbocycles. The molecule has 2 N–H and O–H groups in total. The molecule has 1 atom stereocenters. The number of carbonyl (C=O) groups excluding carboxylic acids is 3. The van der Waals surface area contributed by atoms with Crippen LogP contribution in [0.4, 0.5) is 0 Å². The lowest BCUT2D eigenvalue weighted by Gasteiger charge is -2.34. The largest absolute Gasteiger partial charge is 0.357 e. The van der Waals surface area contributed by atoms with Gasteiger partial charge in [0.1, 0.15) is 12.3 Å². The molecule has 1 aliphatic carbocycles. The number of fused-ring (bicyclic) bond motifs is 1. The number of hydrogen-bond donors (Lipinski definition) is 2. The molecule has 1 heterocycles. The molecule has 1 aliphatic heterocycles. The first-order valence-electron chi connectivity index (χ1n) is 13.3. The molecule has 0 spiro atoms. The van der Waals surface area contributed by atoms with Crippen LogP contribution in [0.15, 0.2) is 47.4 Å². The molecule has 0 bridgehead atoms. The smallest absolute Gasteiger partial charge is 0.255 e. The van der Waals surface area contributed by atoms with E-state index in [1.54, 1.807) is 23.7 Å². The predicted molar refractivity (Wildman–Crippen MR) is 148 cm³/mol. The molecule has 4 rings (SSSR count). The van der Waals surface area contributed by atoms with E-state index in [9.17, 15) is 14.4 Å². The maximum absolute atomic E-state index is 13.2. The molecular weight excluding hydrogens is 482 g/mol. The van der Waals surface area contributed by atoms with Crippen LogP contribution in [0.25, 0.3) is 0 Å². The summed E-state index contributed by atoms with van der Waals surface area (Å²) in [4.78, 5) is 39.3. The van der Waals surface area contributed by atoms with E-state index in [1.807, 2.05) is 12.1 Å². The van der Waals surface area contributed by atoms with Crippen LogP contribution in [0, 0.1) is 5.41 Å². The van der Waals surface area contributed by atoms with Crippen LogP contribution in [-0.4, -0.2) is 42.1 Å². The maximum Gasteiger partial charge on any atom is 0.255 e. The summed E-state index contributed by atoms with van der Waals surface area (Å²) >= 11 is 1.73. The Balaban J connectivity index is 1.38. The zero-order valence-electron chi connectivity index (χ0n) is 22.2. The zero-order chi connectivity index (χ0) is 26.4. The van der Waals surface area contributed by atoms with Crippen LogP contribution in [0.1, 0.15) is 79.4 Å². The number of thioether (sulfide) groups is 1. The Hall–Kier alpha value is -2.64. The zero-order valence-corrected chi connectivity index (χ0v) is 23.0. The van der Waals surface area contributed by atoms with Crippen molar-refractivity contribution in [2.45, 2.75) is 88.2 Å². The Morgan fingerprint density at radius 2 is 1.89 bits per heavy atom. The van der Waals surface area contributed by atoms with E-state index >= 15 is 0 Å². The van der Waals surface area contributed by atoms with Crippen LogP contribution in [-0.2, 0) is 28.4 Å². The average Bonchev–Trinajstić information content (AvgIpc) is 3.23. The number of benzene rings is 2. The molecule has 0 aromatic heterocycles. The lowest BCUT2D eigenvalue weighted by Crippen LogP contribution is -2.46. The molecule has 0 saturated heterocycles. The van der Waals surface area contributed by atoms with Gasteiger partial charge in [-0.05, 0) is 66.3 Å². The van der Waals surface area contributed by atoms with Gasteiger partial charge < -0.3 is 20.3 Å². The van der Waals surface area contributed by atoms with Crippen molar-refractivity contribution >= 4 is 29.9 Å². The second-order valence-electron chi connectivity index (χ2n) is 11.0. The number of rotatable bonds is 11. The summed E-state index contributed by atoms with van der Waals surface area (Å²) in [5.74, 6) is 0.427. The summed E-state index contributed by atoms with van der Waals surface area (Å²) in [6, 6.07) is 14.5. The van der Waals surface area contributed by atoms with Gasteiger partial charge in [-0.2, -0.15) is 0 Å². The number of aldehydes is 1. The van der Waals surface area contributed by atoms with Gasteiger partial charge in [-0.25, -0.2) is 0 Å². The Kier molecular flexibility index (Phi) is 9.08. The molecule has 198 valence electrons. The van der Waals surface area contributed by atoms with Crippen molar-refractivity contribution < 1.29 is 14.4 Å². The fourth-order valence-corrected chi connectivity index (χ4v) is 6.42. The summed E-state index contributed by atoms with van der Waals surface area (Å²) in [6.07, 6.45) is 6.41. The molecule has 37 heavy (non-hydrogen) atoms. The van der Waals surface area contributed by atoms with E-state index in [2.05, 4.69) is 54.8 Å². The number of amides is 2. The van der Waals surface area contributed by atoms with Crippen molar-refractivity contribution in [3.63, 3.8) is 0 Å². The summed E-state index contributed by atoms with van der Waals surface area (Å²) in [5.41, 5.74) is 4.65. The quantitative estimate of drug-likeness (QED) is 0.318. The van der Waals surface area contributed by atoms with E-state index in [0.717, 1.165) is 29.0 Å². The van der Waals surface area contributed by atoms with Crippen molar-refractivity contribution in [2.24, 2.45) is 5.41 Å². The normalized spacial score (nSPS) is 17.9. The van der Waals surface area contributed by atoms with Crippen molar-refractivity contribution in [2.75, 3.05) is 7.05 Å². The fraction of sp³-hybridized carbons (Fsp3) is 0.500. The van der Waals surface area contributed by atoms with Crippen LogP contribution < -0.4 is 10.6 Å². The van der Waals surface area contributed by atoms with Crippen molar-refractivity contribution in [1.82, 2.24) is 15.5 Å². The van der Waals surface area contributed by atoms with Crippen LogP contribution in [0.2, 0.25) is 0 Å². The van der Waals surface area contributed by atoms with Gasteiger partial charge in [-0.1, -0.05) is 44.2 Å². The summed E-state index contributed by atoms with van der Waals surface area (Å²) in [6.45, 7) is 6.01. The average molecular weight is 522 g/mol. The first kappa shape index (κ1) is 27.4. The van der Waals surface area contributed by atoms with E-state index in [-0.39, 0.29) is 18.2 Å². The Labute approximate surface area is 225 Å². The fourth-order valence-electron chi connectivity index (χ4n) is 5.39. The summed E-state index contributed by atoms with van der Waals surface area (Å²) in [5, 5.41) is 6.40. The van der Waals surface area contributed by atoms with Crippen LogP contribution >= 0.6 is 11.8 Å². The van der Waals surface area contributed by atoms with Gasteiger partial charge in [0.05, 0.1) is 0 Å². The van der Waals surface area contributed by atoms with Crippen LogP contribution in [0.3, 0.4) is 0 Å². The van der Waals surface area contributed by atoms with E-state index in [1.165, 1.54) is 36.8 Å². The summed E-state index contributed by atoms with van der Waals surface area (Å²) in [7, 11) is 1.56. The molecule has 7 heteroatoms. The number of likely N-dealkylation sites (N-methyl/N-ethyl adjacent to an activating group) is 1. The molecule has 1 unspecified atom stereocenters. The maximum atomic E-state index is 13.2. The SMILES string of the molecule is CNC(=O)C(CCC=O)N1Cc2c(SCc3cccc(CNC4CCC(C)(C)CC4)c3)cccc2C1=O. The third-order valence-corrected chi connectivity index (χ3v) is 8.93. The highest BCUT2D eigenvalue weighted by atomic mass is 32.2. The highest BCUT2D eigenvalue weighted by Gasteiger charge is 2.36. The van der Waals surface area contributed by atoms with E-state index < -0.39 is 6.04 Å². The monoisotopic (exact) mass is 521 g/mol. The minimum absolute atomic E-state index is 0.142. The second-order valence-corrected chi connectivity index (χ2v) is 12.0. The van der Waals surface area contributed by atoms with Gasteiger partial charge in [0.25, 0.3) is 5.91 Å². The van der Waals surface area contributed by atoms with Crippen molar-refractivity contribution in [1.29, 1.82) is 0 Å². The number of nitrogens with zero attached hydrogens (tertiary/aromatic N) is 1. The molecule has 1 saturated carbocycles. The molecular formula is C30H39N3O3S.